The molecule has 3 rings (SSSR count). The molecule has 2 heterocycles. The highest BCUT2D eigenvalue weighted by Gasteiger charge is 2.33. The first-order valence-corrected chi connectivity index (χ1v) is 12.6. The zero-order valence-corrected chi connectivity index (χ0v) is 19.7. The minimum Gasteiger partial charge on any atom is -0.368 e. The zero-order chi connectivity index (χ0) is 25.0. The molecule has 178 valence electrons. The van der Waals surface area contributed by atoms with Gasteiger partial charge in [-0.3, -0.25) is 9.32 Å². The molecule has 0 aliphatic carbocycles. The van der Waals surface area contributed by atoms with Crippen LogP contribution in [0.1, 0.15) is 40.8 Å². The fraction of sp³-hybridized carbons (Fsp3) is 0.333. The zero-order valence-electron chi connectivity index (χ0n) is 18.0. The number of nitrogens with two attached hydrogens (primary N) is 1. The summed E-state index contributed by atoms with van der Waals surface area (Å²) in [6, 6.07) is 9.35. The van der Waals surface area contributed by atoms with E-state index in [1.54, 1.807) is 11.8 Å². The van der Waals surface area contributed by atoms with Gasteiger partial charge in [-0.05, 0) is 36.1 Å². The molecule has 34 heavy (non-hydrogen) atoms. The molecule has 2 atom stereocenters. The fourth-order valence-corrected chi connectivity index (χ4v) is 5.36. The number of rotatable bonds is 8. The van der Waals surface area contributed by atoms with E-state index in [0.29, 0.717) is 30.5 Å². The van der Waals surface area contributed by atoms with Crippen molar-refractivity contribution in [3.63, 3.8) is 0 Å². The summed E-state index contributed by atoms with van der Waals surface area (Å²) in [4.78, 5) is 36.6. The molecule has 13 heteroatoms. The highest BCUT2D eigenvalue weighted by Crippen LogP contribution is 2.42. The van der Waals surface area contributed by atoms with Crippen LogP contribution < -0.4 is 10.6 Å². The van der Waals surface area contributed by atoms with Gasteiger partial charge in [0.05, 0.1) is 17.2 Å². The normalized spacial score (nSPS) is 16.6. The van der Waals surface area contributed by atoms with E-state index in [0.717, 1.165) is 11.8 Å². The number of carbonyl (C=O) groups excluding carboxylic acids is 1. The van der Waals surface area contributed by atoms with E-state index in [2.05, 4.69) is 17.1 Å². The molecule has 0 bridgehead atoms. The Bertz CT molecular complexity index is 1220. The number of aromatic nitrogens is 1. The molecule has 1 fully saturated rings. The van der Waals surface area contributed by atoms with Gasteiger partial charge >= 0.3 is 7.82 Å². The number of carbonyl (C=O) groups is 1. The van der Waals surface area contributed by atoms with Crippen molar-refractivity contribution in [1.29, 1.82) is 10.5 Å². The highest BCUT2D eigenvalue weighted by molar-refractivity contribution is 8.00. The van der Waals surface area contributed by atoms with Crippen molar-refractivity contribution in [2.45, 2.75) is 36.1 Å². The van der Waals surface area contributed by atoms with E-state index >= 15 is 0 Å². The van der Waals surface area contributed by atoms with Crippen LogP contribution in [0.3, 0.4) is 0 Å². The van der Waals surface area contributed by atoms with Crippen LogP contribution in [0.15, 0.2) is 29.3 Å². The number of nitrogens with zero attached hydrogens (tertiary/aromatic N) is 4. The topological polar surface area (TPSA) is 174 Å². The van der Waals surface area contributed by atoms with Crippen molar-refractivity contribution in [1.82, 2.24) is 4.98 Å². The maximum absolute atomic E-state index is 13.4. The fourth-order valence-electron chi connectivity index (χ4n) is 3.74. The maximum Gasteiger partial charge on any atom is 0.469 e. The Morgan fingerprint density at radius 2 is 2.00 bits per heavy atom. The first kappa shape index (κ1) is 25.6. The lowest BCUT2D eigenvalue weighted by Crippen LogP contribution is -2.25. The van der Waals surface area contributed by atoms with Gasteiger partial charge in [0.25, 0.3) is 0 Å². The summed E-state index contributed by atoms with van der Waals surface area (Å²) in [7, 11) is -4.69. The number of primary amides is 1. The van der Waals surface area contributed by atoms with Crippen molar-refractivity contribution in [2.75, 3.05) is 18.0 Å². The lowest BCUT2D eigenvalue weighted by molar-refractivity contribution is -0.117. The molecule has 0 spiro atoms. The number of thioether (sulfide) groups is 1. The summed E-state index contributed by atoms with van der Waals surface area (Å²) in [5.41, 5.74) is 6.74. The second-order valence-electron chi connectivity index (χ2n) is 7.45. The molecule has 0 radical (unpaired) electrons. The predicted molar refractivity (Wildman–Crippen MR) is 121 cm³/mol. The summed E-state index contributed by atoms with van der Waals surface area (Å²) in [5, 5.41) is 18.9. The van der Waals surface area contributed by atoms with Crippen molar-refractivity contribution < 1.29 is 28.1 Å². The Morgan fingerprint density at radius 1 is 1.35 bits per heavy atom. The lowest BCUT2D eigenvalue weighted by Gasteiger charge is -2.23. The van der Waals surface area contributed by atoms with E-state index in [9.17, 15) is 24.3 Å². The third-order valence-electron chi connectivity index (χ3n) is 5.22. The van der Waals surface area contributed by atoms with Crippen LogP contribution in [-0.2, 0) is 20.3 Å². The van der Waals surface area contributed by atoms with E-state index < -0.39 is 30.9 Å². The summed E-state index contributed by atoms with van der Waals surface area (Å²) >= 11 is 0.917. The van der Waals surface area contributed by atoms with E-state index in [4.69, 9.17) is 20.0 Å². The van der Waals surface area contributed by atoms with Crippen molar-refractivity contribution in [3.05, 3.63) is 52.3 Å². The van der Waals surface area contributed by atoms with Gasteiger partial charge in [-0.1, -0.05) is 30.8 Å². The van der Waals surface area contributed by atoms with E-state index in [-0.39, 0.29) is 28.5 Å². The van der Waals surface area contributed by atoms with Crippen LogP contribution in [0.5, 0.6) is 0 Å². The van der Waals surface area contributed by atoms with E-state index in [1.165, 1.54) is 24.3 Å². The van der Waals surface area contributed by atoms with Gasteiger partial charge in [0, 0.05) is 13.1 Å². The summed E-state index contributed by atoms with van der Waals surface area (Å²) < 4.78 is 29.4. The molecule has 1 aliphatic heterocycles. The van der Waals surface area contributed by atoms with Gasteiger partial charge < -0.3 is 20.4 Å². The Morgan fingerprint density at radius 3 is 2.53 bits per heavy atom. The van der Waals surface area contributed by atoms with Gasteiger partial charge in [-0.25, -0.2) is 13.9 Å². The number of anilines is 1. The smallest absolute Gasteiger partial charge is 0.368 e. The minimum absolute atomic E-state index is 0.0726. The molecule has 1 aromatic heterocycles. The van der Waals surface area contributed by atoms with Crippen LogP contribution in [0.25, 0.3) is 0 Å². The highest BCUT2D eigenvalue weighted by atomic mass is 32.2. The minimum atomic E-state index is -4.69. The van der Waals surface area contributed by atoms with Crippen LogP contribution in [0.2, 0.25) is 0 Å². The third-order valence-corrected chi connectivity index (χ3v) is 7.05. The SMILES string of the molecule is CCc1c(C#N)c(S[C@@H](C(N)=O)c2ccc(F)cc2)nc(N2CC[C@H](OP(=O)(O)O)C2)c1C#N. The Kier molecular flexibility index (Phi) is 7.93. The van der Waals surface area contributed by atoms with Crippen LogP contribution in [0, 0.1) is 28.5 Å². The molecule has 0 unspecified atom stereocenters. The van der Waals surface area contributed by atoms with Gasteiger partial charge in [0.1, 0.15) is 34.0 Å². The number of hydrogen-bond donors (Lipinski definition) is 3. The number of pyridine rings is 1. The van der Waals surface area contributed by atoms with E-state index in [1.807, 2.05) is 0 Å². The summed E-state index contributed by atoms with van der Waals surface area (Å²) in [5.74, 6) is -0.981. The second kappa shape index (κ2) is 10.5. The average Bonchev–Trinajstić information content (AvgIpc) is 3.23. The van der Waals surface area contributed by atoms with Gasteiger partial charge in [-0.15, -0.1) is 0 Å². The molecular formula is C21H21FN5O5PS. The molecule has 1 saturated heterocycles. The largest absolute Gasteiger partial charge is 0.469 e. The lowest BCUT2D eigenvalue weighted by atomic mass is 10.0. The number of phosphoric acid groups is 1. The van der Waals surface area contributed by atoms with Crippen molar-refractivity contribution in [2.24, 2.45) is 5.73 Å². The number of halogens is 1. The van der Waals surface area contributed by atoms with Gasteiger partial charge in [0.15, 0.2) is 0 Å². The molecule has 10 nitrogen and oxygen atoms in total. The summed E-state index contributed by atoms with van der Waals surface area (Å²) in [6.45, 7) is 2.15. The Labute approximate surface area is 199 Å². The third kappa shape index (κ3) is 5.73. The molecule has 4 N–H and O–H groups in total. The molecule has 1 amide bonds. The summed E-state index contributed by atoms with van der Waals surface area (Å²) in [6.07, 6.45) is -0.159. The quantitative estimate of drug-likeness (QED) is 0.357. The van der Waals surface area contributed by atoms with Crippen LogP contribution >= 0.6 is 19.6 Å². The molecule has 2 aromatic rings. The first-order chi connectivity index (χ1) is 16.1. The number of amides is 1. The monoisotopic (exact) mass is 505 g/mol. The van der Waals surface area contributed by atoms with Crippen molar-refractivity contribution >= 4 is 31.3 Å². The Balaban J connectivity index is 2.06. The molecular weight excluding hydrogens is 484 g/mol. The second-order valence-corrected chi connectivity index (χ2v) is 9.74. The molecule has 1 aromatic carbocycles. The molecule has 0 saturated carbocycles. The number of benzene rings is 1. The number of phosphoric ester groups is 1. The number of hydrogen-bond acceptors (Lipinski definition) is 8. The van der Waals surface area contributed by atoms with Crippen LogP contribution in [-0.4, -0.2) is 39.9 Å². The first-order valence-electron chi connectivity index (χ1n) is 10.1. The number of nitriles is 2. The maximum atomic E-state index is 13.4. The van der Waals surface area contributed by atoms with Gasteiger partial charge in [-0.2, -0.15) is 10.5 Å². The van der Waals surface area contributed by atoms with Gasteiger partial charge in [0.2, 0.25) is 5.91 Å². The molecule has 1 aliphatic rings. The average molecular weight is 505 g/mol. The van der Waals surface area contributed by atoms with Crippen molar-refractivity contribution in [3.8, 4) is 12.1 Å². The standard InChI is InChI=1S/C21H21FN5O5PS/c1-2-15-16(9-23)20(27-8-7-14(11-27)32-33(29,30)31)26-21(17(15)10-24)34-18(19(25)28)12-3-5-13(22)6-4-12/h3-6,14,18H,2,7-8,11H2,1H3,(H2,25,28)(H2,29,30,31)/t14-,18+/m0/s1. The van der Waals surface area contributed by atoms with Crippen LogP contribution in [0.4, 0.5) is 10.2 Å². The predicted octanol–water partition coefficient (Wildman–Crippen LogP) is 2.53. The Hall–Kier alpha value is -2.99.